The van der Waals surface area contributed by atoms with Gasteiger partial charge in [-0.3, -0.25) is 0 Å². The maximum absolute atomic E-state index is 9.56. The number of ether oxygens (including phenoxy) is 1. The molecule has 0 aliphatic heterocycles. The molecule has 1 aromatic rings. The lowest BCUT2D eigenvalue weighted by atomic mass is 10.3. The van der Waals surface area contributed by atoms with Gasteiger partial charge in [0.05, 0.1) is 18.4 Å². The largest absolute Gasteiger partial charge is 0.389 e. The quantitative estimate of drug-likeness (QED) is 0.796. The van der Waals surface area contributed by atoms with Gasteiger partial charge in [-0.1, -0.05) is 6.92 Å². The molecule has 0 radical (unpaired) electrons. The van der Waals surface area contributed by atoms with Crippen LogP contribution in [0.1, 0.15) is 12.6 Å². The summed E-state index contributed by atoms with van der Waals surface area (Å²) in [5.41, 5.74) is 1.10. The van der Waals surface area contributed by atoms with Crippen LogP contribution in [0.25, 0.3) is 0 Å². The molecule has 5 heteroatoms. The molecule has 0 saturated carbocycles. The molecule has 0 bridgehead atoms. The Labute approximate surface area is 94.5 Å². The highest BCUT2D eigenvalue weighted by molar-refractivity contribution is 7.13. The van der Waals surface area contributed by atoms with Gasteiger partial charge >= 0.3 is 0 Å². The number of aryl methyl sites for hydroxylation is 1. The molecule has 15 heavy (non-hydrogen) atoms. The van der Waals surface area contributed by atoms with E-state index in [-0.39, 0.29) is 0 Å². The average molecular weight is 230 g/mol. The predicted octanol–water partition coefficient (Wildman–Crippen LogP) is 1.15. The van der Waals surface area contributed by atoms with Crippen LogP contribution in [-0.4, -0.2) is 43.5 Å². The zero-order valence-electron chi connectivity index (χ0n) is 9.43. The molecule has 0 aromatic carbocycles. The van der Waals surface area contributed by atoms with E-state index in [9.17, 15) is 5.11 Å². The number of anilines is 1. The molecule has 0 saturated heterocycles. The number of methoxy groups -OCH3 is 1. The fourth-order valence-electron chi connectivity index (χ4n) is 1.27. The van der Waals surface area contributed by atoms with Crippen LogP contribution < -0.4 is 4.90 Å². The Morgan fingerprint density at radius 3 is 2.93 bits per heavy atom. The summed E-state index contributed by atoms with van der Waals surface area (Å²) in [6.45, 7) is 2.99. The second-order valence-corrected chi connectivity index (χ2v) is 4.30. The molecular weight excluding hydrogens is 212 g/mol. The van der Waals surface area contributed by atoms with Gasteiger partial charge in [0.1, 0.15) is 0 Å². The van der Waals surface area contributed by atoms with Gasteiger partial charge in [0, 0.05) is 26.1 Å². The third-order valence-electron chi connectivity index (χ3n) is 2.07. The number of aromatic nitrogens is 1. The molecule has 1 atom stereocenters. The normalized spacial score (nSPS) is 12.8. The molecule has 4 nitrogen and oxygen atoms in total. The van der Waals surface area contributed by atoms with Gasteiger partial charge < -0.3 is 14.7 Å². The smallest absolute Gasteiger partial charge is 0.185 e. The van der Waals surface area contributed by atoms with Crippen LogP contribution >= 0.6 is 11.3 Å². The first kappa shape index (κ1) is 12.4. The van der Waals surface area contributed by atoms with E-state index < -0.39 is 6.10 Å². The number of thiazole rings is 1. The Morgan fingerprint density at radius 2 is 2.40 bits per heavy atom. The Hall–Kier alpha value is -0.650. The highest BCUT2D eigenvalue weighted by Gasteiger charge is 2.11. The van der Waals surface area contributed by atoms with Crippen LogP contribution in [0.2, 0.25) is 0 Å². The summed E-state index contributed by atoms with van der Waals surface area (Å²) in [6, 6.07) is 0. The first-order chi connectivity index (χ1) is 7.17. The molecule has 0 spiro atoms. The van der Waals surface area contributed by atoms with E-state index in [0.717, 1.165) is 17.2 Å². The van der Waals surface area contributed by atoms with Crippen molar-refractivity contribution in [1.82, 2.24) is 4.98 Å². The number of rotatable bonds is 6. The molecule has 0 fully saturated rings. The lowest BCUT2D eigenvalue weighted by Crippen LogP contribution is -2.31. The summed E-state index contributed by atoms with van der Waals surface area (Å²) in [7, 11) is 3.51. The van der Waals surface area contributed by atoms with Gasteiger partial charge in [0.15, 0.2) is 5.13 Å². The minimum Gasteiger partial charge on any atom is -0.389 e. The Kier molecular flexibility index (Phi) is 5.01. The van der Waals surface area contributed by atoms with Crippen molar-refractivity contribution in [2.45, 2.75) is 19.4 Å². The first-order valence-corrected chi connectivity index (χ1v) is 5.87. The number of nitrogens with zero attached hydrogens (tertiary/aromatic N) is 2. The van der Waals surface area contributed by atoms with Gasteiger partial charge in [-0.15, -0.1) is 11.3 Å². The van der Waals surface area contributed by atoms with E-state index in [1.165, 1.54) is 0 Å². The second-order valence-electron chi connectivity index (χ2n) is 3.46. The van der Waals surface area contributed by atoms with Gasteiger partial charge in [0.2, 0.25) is 0 Å². The second kappa shape index (κ2) is 6.05. The number of hydrogen-bond donors (Lipinski definition) is 1. The number of hydrogen-bond acceptors (Lipinski definition) is 5. The average Bonchev–Trinajstić information content (AvgIpc) is 2.66. The van der Waals surface area contributed by atoms with Gasteiger partial charge in [0.25, 0.3) is 0 Å². The van der Waals surface area contributed by atoms with Crippen molar-refractivity contribution in [2.24, 2.45) is 0 Å². The fourth-order valence-corrected chi connectivity index (χ4v) is 2.16. The molecular formula is C10H18N2O2S. The standard InChI is InChI=1S/C10H18N2O2S/c1-4-8-7-15-10(11-8)12(2)5-9(13)6-14-3/h7,9,13H,4-6H2,1-3H3. The highest BCUT2D eigenvalue weighted by atomic mass is 32.1. The van der Waals surface area contributed by atoms with Crippen molar-refractivity contribution in [3.8, 4) is 0 Å². The van der Waals surface area contributed by atoms with Crippen molar-refractivity contribution in [1.29, 1.82) is 0 Å². The van der Waals surface area contributed by atoms with Crippen LogP contribution in [0.15, 0.2) is 5.38 Å². The summed E-state index contributed by atoms with van der Waals surface area (Å²) in [5, 5.41) is 12.6. The van der Waals surface area contributed by atoms with Gasteiger partial charge in [-0.25, -0.2) is 4.98 Å². The lowest BCUT2D eigenvalue weighted by Gasteiger charge is -2.19. The van der Waals surface area contributed by atoms with Crippen molar-refractivity contribution in [3.63, 3.8) is 0 Å². The van der Waals surface area contributed by atoms with E-state index in [0.29, 0.717) is 13.2 Å². The number of likely N-dealkylation sites (N-methyl/N-ethyl adjacent to an activating group) is 1. The monoisotopic (exact) mass is 230 g/mol. The Morgan fingerprint density at radius 1 is 1.67 bits per heavy atom. The molecule has 0 aliphatic rings. The van der Waals surface area contributed by atoms with Crippen molar-refractivity contribution in [2.75, 3.05) is 32.2 Å². The maximum Gasteiger partial charge on any atom is 0.185 e. The highest BCUT2D eigenvalue weighted by Crippen LogP contribution is 2.19. The van der Waals surface area contributed by atoms with Crippen LogP contribution in [0.3, 0.4) is 0 Å². The molecule has 1 N–H and O–H groups in total. The summed E-state index contributed by atoms with van der Waals surface area (Å²) in [5.74, 6) is 0. The van der Waals surface area contributed by atoms with Crippen molar-refractivity contribution < 1.29 is 9.84 Å². The van der Waals surface area contributed by atoms with Gasteiger partial charge in [-0.05, 0) is 6.42 Å². The minimum atomic E-state index is -0.464. The van der Waals surface area contributed by atoms with Crippen LogP contribution in [0.4, 0.5) is 5.13 Å². The van der Waals surface area contributed by atoms with E-state index in [1.54, 1.807) is 18.4 Å². The van der Waals surface area contributed by atoms with Crippen LogP contribution in [-0.2, 0) is 11.2 Å². The topological polar surface area (TPSA) is 45.6 Å². The van der Waals surface area contributed by atoms with Crippen LogP contribution in [0.5, 0.6) is 0 Å². The number of aliphatic hydroxyl groups excluding tert-OH is 1. The Balaban J connectivity index is 2.49. The zero-order chi connectivity index (χ0) is 11.3. The predicted molar refractivity (Wildman–Crippen MR) is 62.6 cm³/mol. The molecule has 1 unspecified atom stereocenters. The zero-order valence-corrected chi connectivity index (χ0v) is 10.3. The molecule has 1 rings (SSSR count). The first-order valence-electron chi connectivity index (χ1n) is 5.00. The summed E-state index contributed by atoms with van der Waals surface area (Å²) in [6.07, 6.45) is 0.485. The third kappa shape index (κ3) is 3.77. The molecule has 1 aromatic heterocycles. The Bertz CT molecular complexity index is 291. The molecule has 1 heterocycles. The fraction of sp³-hybridized carbons (Fsp3) is 0.700. The molecule has 86 valence electrons. The summed E-state index contributed by atoms with van der Waals surface area (Å²) in [4.78, 5) is 6.39. The van der Waals surface area contributed by atoms with Crippen LogP contribution in [0, 0.1) is 0 Å². The summed E-state index contributed by atoms with van der Waals surface area (Å²) >= 11 is 1.61. The van der Waals surface area contributed by atoms with E-state index in [4.69, 9.17) is 4.74 Å². The molecule has 0 amide bonds. The van der Waals surface area contributed by atoms with E-state index in [2.05, 4.69) is 17.3 Å². The minimum absolute atomic E-state index is 0.357. The number of aliphatic hydroxyl groups is 1. The third-order valence-corrected chi connectivity index (χ3v) is 3.08. The molecule has 0 aliphatic carbocycles. The SMILES string of the molecule is CCc1csc(N(C)CC(O)COC)n1. The van der Waals surface area contributed by atoms with E-state index in [1.807, 2.05) is 11.9 Å². The lowest BCUT2D eigenvalue weighted by molar-refractivity contribution is 0.0695. The maximum atomic E-state index is 9.56. The van der Waals surface area contributed by atoms with E-state index >= 15 is 0 Å². The van der Waals surface area contributed by atoms with Gasteiger partial charge in [-0.2, -0.15) is 0 Å². The van der Waals surface area contributed by atoms with Crippen molar-refractivity contribution >= 4 is 16.5 Å². The van der Waals surface area contributed by atoms with Crippen molar-refractivity contribution in [3.05, 3.63) is 11.1 Å². The summed E-state index contributed by atoms with van der Waals surface area (Å²) < 4.78 is 4.87.